The van der Waals surface area contributed by atoms with Gasteiger partial charge in [0.15, 0.2) is 6.61 Å². The van der Waals surface area contributed by atoms with Crippen LogP contribution in [0.25, 0.3) is 11.1 Å². The molecule has 0 radical (unpaired) electrons. The lowest BCUT2D eigenvalue weighted by atomic mass is 10.0. The monoisotopic (exact) mass is 521 g/mol. The number of hydrogen-bond donors (Lipinski definition) is 1. The molecule has 5 nitrogen and oxygen atoms in total. The Morgan fingerprint density at radius 2 is 1.90 bits per heavy atom. The van der Waals surface area contributed by atoms with Gasteiger partial charge in [-0.1, -0.05) is 41.9 Å². The van der Waals surface area contributed by atoms with Crippen molar-refractivity contribution < 1.29 is 19.1 Å². The lowest BCUT2D eigenvalue weighted by molar-refractivity contribution is -0.118. The van der Waals surface area contributed by atoms with Crippen LogP contribution in [0, 0.1) is 13.8 Å². The number of aryl methyl sites for hydroxylation is 1. The maximum atomic E-state index is 12.6. The van der Waals surface area contributed by atoms with Gasteiger partial charge >= 0.3 is 5.97 Å². The molecule has 1 amide bonds. The zero-order chi connectivity index (χ0) is 22.5. The van der Waals surface area contributed by atoms with Crippen LogP contribution in [-0.2, 0) is 9.53 Å². The van der Waals surface area contributed by atoms with Gasteiger partial charge in [-0.2, -0.15) is 0 Å². The highest BCUT2D eigenvalue weighted by Crippen LogP contribution is 2.37. The molecule has 0 aliphatic heterocycles. The third kappa shape index (κ3) is 5.29. The minimum atomic E-state index is -0.481. The van der Waals surface area contributed by atoms with Gasteiger partial charge in [-0.3, -0.25) is 4.79 Å². The highest BCUT2D eigenvalue weighted by molar-refractivity contribution is 9.10. The number of nitrogens with one attached hydrogen (secondary N) is 1. The fourth-order valence-corrected chi connectivity index (χ4v) is 4.66. The number of anilines is 1. The number of rotatable bonds is 7. The summed E-state index contributed by atoms with van der Waals surface area (Å²) in [5, 5.41) is 5.69. The molecule has 1 heterocycles. The minimum absolute atomic E-state index is 0.222. The molecular formula is C23H21BrClNO4S. The summed E-state index contributed by atoms with van der Waals surface area (Å²) in [6, 6.07) is 11.3. The van der Waals surface area contributed by atoms with Crippen LogP contribution in [0.2, 0.25) is 5.02 Å². The van der Waals surface area contributed by atoms with Crippen molar-refractivity contribution in [1.82, 2.24) is 0 Å². The van der Waals surface area contributed by atoms with Gasteiger partial charge in [0, 0.05) is 16.0 Å². The highest BCUT2D eigenvalue weighted by atomic mass is 79.9. The van der Waals surface area contributed by atoms with E-state index in [0.717, 1.165) is 16.7 Å². The average molecular weight is 523 g/mol. The number of hydrogen-bond acceptors (Lipinski definition) is 5. The maximum Gasteiger partial charge on any atom is 0.341 e. The van der Waals surface area contributed by atoms with E-state index in [4.69, 9.17) is 21.1 Å². The largest absolute Gasteiger partial charge is 0.483 e. The molecule has 0 saturated heterocycles. The van der Waals surface area contributed by atoms with Gasteiger partial charge in [-0.15, -0.1) is 11.3 Å². The second-order valence-corrected chi connectivity index (χ2v) is 8.77. The fourth-order valence-electron chi connectivity index (χ4n) is 3.00. The van der Waals surface area contributed by atoms with Crippen molar-refractivity contribution in [2.75, 3.05) is 18.5 Å². The third-order valence-electron chi connectivity index (χ3n) is 4.54. The first-order valence-corrected chi connectivity index (χ1v) is 11.6. The molecule has 0 unspecified atom stereocenters. The molecule has 162 valence electrons. The second kappa shape index (κ2) is 10.3. The maximum absolute atomic E-state index is 12.6. The van der Waals surface area contributed by atoms with Crippen molar-refractivity contribution in [1.29, 1.82) is 0 Å². The molecule has 0 fully saturated rings. The number of amides is 1. The van der Waals surface area contributed by atoms with E-state index in [0.29, 0.717) is 31.4 Å². The number of carbonyl (C=O) groups is 2. The molecule has 0 atom stereocenters. The van der Waals surface area contributed by atoms with E-state index < -0.39 is 5.97 Å². The van der Waals surface area contributed by atoms with Crippen LogP contribution in [0.3, 0.4) is 0 Å². The molecule has 31 heavy (non-hydrogen) atoms. The predicted octanol–water partition coefficient (Wildman–Crippen LogP) is 6.64. The quantitative estimate of drug-likeness (QED) is 0.353. The summed E-state index contributed by atoms with van der Waals surface area (Å²) in [6.45, 7) is 5.50. The van der Waals surface area contributed by atoms with Gasteiger partial charge in [0.1, 0.15) is 16.3 Å². The van der Waals surface area contributed by atoms with Crippen LogP contribution in [-0.4, -0.2) is 25.1 Å². The zero-order valence-corrected chi connectivity index (χ0v) is 20.4. The van der Waals surface area contributed by atoms with Crippen molar-refractivity contribution in [3.63, 3.8) is 0 Å². The van der Waals surface area contributed by atoms with Crippen molar-refractivity contribution in [3.05, 3.63) is 68.0 Å². The molecule has 1 aromatic heterocycles. The van der Waals surface area contributed by atoms with E-state index >= 15 is 0 Å². The van der Waals surface area contributed by atoms with Gasteiger partial charge in [0.25, 0.3) is 5.91 Å². The minimum Gasteiger partial charge on any atom is -0.483 e. The van der Waals surface area contributed by atoms with Crippen LogP contribution in [0.15, 0.2) is 46.3 Å². The first-order chi connectivity index (χ1) is 14.8. The summed E-state index contributed by atoms with van der Waals surface area (Å²) < 4.78 is 11.6. The van der Waals surface area contributed by atoms with Crippen molar-refractivity contribution in [2.24, 2.45) is 0 Å². The van der Waals surface area contributed by atoms with Crippen LogP contribution in [0.5, 0.6) is 5.75 Å². The first-order valence-electron chi connectivity index (χ1n) is 9.55. The van der Waals surface area contributed by atoms with E-state index in [9.17, 15) is 9.59 Å². The molecule has 0 bridgehead atoms. The molecule has 0 aliphatic rings. The number of esters is 1. The Kier molecular flexibility index (Phi) is 7.75. The van der Waals surface area contributed by atoms with Crippen molar-refractivity contribution in [2.45, 2.75) is 20.8 Å². The molecule has 1 N–H and O–H groups in total. The Hall–Kier alpha value is -2.35. The summed E-state index contributed by atoms with van der Waals surface area (Å²) in [6.07, 6.45) is 0. The molecule has 2 aromatic carbocycles. The summed E-state index contributed by atoms with van der Waals surface area (Å²) in [4.78, 5) is 25.2. The Morgan fingerprint density at radius 1 is 1.19 bits per heavy atom. The number of halogens is 2. The van der Waals surface area contributed by atoms with Gasteiger partial charge in [0.2, 0.25) is 0 Å². The fraction of sp³-hybridized carbons (Fsp3) is 0.217. The van der Waals surface area contributed by atoms with Crippen LogP contribution in [0.1, 0.15) is 28.4 Å². The van der Waals surface area contributed by atoms with Crippen LogP contribution < -0.4 is 10.1 Å². The standard InChI is InChI=1S/C23H21BrClNO4S/c1-4-29-23(28)19-16(15-8-6-5-7-9-15)12-31-22(19)26-18(27)11-30-17-10-13(2)21(25)14(3)20(17)24/h5-10,12H,4,11H2,1-3H3,(H,26,27). The molecule has 3 aromatic rings. The zero-order valence-electron chi connectivity index (χ0n) is 17.3. The molecule has 8 heteroatoms. The average Bonchev–Trinajstić information content (AvgIpc) is 3.18. The SMILES string of the molecule is CCOC(=O)c1c(-c2ccccc2)csc1NC(=O)COc1cc(C)c(Cl)c(C)c1Br. The van der Waals surface area contributed by atoms with Gasteiger partial charge < -0.3 is 14.8 Å². The number of benzene rings is 2. The number of thiophene rings is 1. The normalized spacial score (nSPS) is 10.6. The lowest BCUT2D eigenvalue weighted by Crippen LogP contribution is -2.21. The van der Waals surface area contributed by atoms with Crippen molar-refractivity contribution in [3.8, 4) is 16.9 Å². The second-order valence-electron chi connectivity index (χ2n) is 6.72. The summed E-state index contributed by atoms with van der Waals surface area (Å²) in [5.41, 5.74) is 3.62. The first kappa shape index (κ1) is 23.3. The van der Waals surface area contributed by atoms with Crippen LogP contribution in [0.4, 0.5) is 5.00 Å². The van der Waals surface area contributed by atoms with E-state index in [1.165, 1.54) is 11.3 Å². The van der Waals surface area contributed by atoms with Crippen LogP contribution >= 0.6 is 38.9 Å². The smallest absolute Gasteiger partial charge is 0.341 e. The molecule has 0 aliphatic carbocycles. The number of carbonyl (C=O) groups excluding carboxylic acids is 2. The predicted molar refractivity (Wildman–Crippen MR) is 128 cm³/mol. The Morgan fingerprint density at radius 3 is 2.58 bits per heavy atom. The van der Waals surface area contributed by atoms with E-state index in [1.54, 1.807) is 13.0 Å². The summed E-state index contributed by atoms with van der Waals surface area (Å²) in [5.74, 6) is -0.342. The Labute approximate surface area is 198 Å². The van der Waals surface area contributed by atoms with Gasteiger partial charge in [-0.05, 0) is 59.5 Å². The van der Waals surface area contributed by atoms with Gasteiger partial charge in [0.05, 0.1) is 11.1 Å². The van der Waals surface area contributed by atoms with E-state index in [-0.39, 0.29) is 19.1 Å². The van der Waals surface area contributed by atoms with E-state index in [2.05, 4.69) is 21.2 Å². The highest BCUT2D eigenvalue weighted by Gasteiger charge is 2.23. The molecule has 0 saturated carbocycles. The molecule has 0 spiro atoms. The Bertz CT molecular complexity index is 1110. The van der Waals surface area contributed by atoms with Gasteiger partial charge in [-0.25, -0.2) is 4.79 Å². The number of ether oxygens (including phenoxy) is 2. The van der Waals surface area contributed by atoms with E-state index in [1.807, 2.05) is 49.6 Å². The lowest BCUT2D eigenvalue weighted by Gasteiger charge is -2.13. The van der Waals surface area contributed by atoms with Crippen molar-refractivity contribution >= 4 is 55.7 Å². The topological polar surface area (TPSA) is 64.6 Å². The molecule has 3 rings (SSSR count). The Balaban J connectivity index is 1.80. The summed E-state index contributed by atoms with van der Waals surface area (Å²) in [7, 11) is 0. The summed E-state index contributed by atoms with van der Waals surface area (Å²) >= 11 is 11.0. The third-order valence-corrected chi connectivity index (χ3v) is 7.00. The molecular weight excluding hydrogens is 502 g/mol.